The number of carbonyl (C=O) groups excluding carboxylic acids is 1. The number of hydrogen-bond donors (Lipinski definition) is 1. The summed E-state index contributed by atoms with van der Waals surface area (Å²) in [6.45, 7) is 5.66. The van der Waals surface area contributed by atoms with E-state index in [4.69, 9.17) is 0 Å². The van der Waals surface area contributed by atoms with E-state index in [1.54, 1.807) is 12.1 Å². The number of piperidine rings is 1. The van der Waals surface area contributed by atoms with Crippen LogP contribution in [0.15, 0.2) is 24.3 Å². The Balaban J connectivity index is 2.21. The highest BCUT2D eigenvalue weighted by Gasteiger charge is 2.32. The van der Waals surface area contributed by atoms with E-state index in [1.807, 2.05) is 26.0 Å². The van der Waals surface area contributed by atoms with E-state index in [-0.39, 0.29) is 11.9 Å². The first kappa shape index (κ1) is 19.7. The minimum absolute atomic E-state index is 0.108. The lowest BCUT2D eigenvalue weighted by Crippen LogP contribution is -2.53. The first-order valence-corrected chi connectivity index (χ1v) is 10.6. The standard InChI is InChI=1S/C18H29N3O3S/c1-5-17(18(22)19-15-10-12-20(3)13-11-15)21(25(4,23)24)16-8-6-14(2)7-9-16/h6-9,15,17H,5,10-13H2,1-4H3,(H,19,22)/t17-/m0/s1. The number of carbonyl (C=O) groups is 1. The van der Waals surface area contributed by atoms with Gasteiger partial charge in [-0.3, -0.25) is 9.10 Å². The maximum absolute atomic E-state index is 12.8. The molecule has 1 amide bonds. The highest BCUT2D eigenvalue weighted by molar-refractivity contribution is 7.92. The third-order valence-electron chi connectivity index (χ3n) is 4.68. The van der Waals surface area contributed by atoms with E-state index in [9.17, 15) is 13.2 Å². The van der Waals surface area contributed by atoms with Gasteiger partial charge in [-0.15, -0.1) is 0 Å². The molecule has 25 heavy (non-hydrogen) atoms. The molecule has 1 fully saturated rings. The lowest BCUT2D eigenvalue weighted by molar-refractivity contribution is -0.123. The number of nitrogens with zero attached hydrogens (tertiary/aromatic N) is 2. The molecule has 0 radical (unpaired) electrons. The zero-order valence-electron chi connectivity index (χ0n) is 15.5. The molecule has 1 saturated heterocycles. The number of hydrogen-bond acceptors (Lipinski definition) is 4. The highest BCUT2D eigenvalue weighted by atomic mass is 32.2. The zero-order chi connectivity index (χ0) is 18.6. The van der Waals surface area contributed by atoms with Gasteiger partial charge in [-0.1, -0.05) is 24.6 Å². The molecule has 0 aromatic heterocycles. The van der Waals surface area contributed by atoms with Gasteiger partial charge in [0.1, 0.15) is 6.04 Å². The number of anilines is 1. The maximum atomic E-state index is 12.8. The van der Waals surface area contributed by atoms with Gasteiger partial charge in [0, 0.05) is 6.04 Å². The Hall–Kier alpha value is -1.60. The van der Waals surface area contributed by atoms with Crippen LogP contribution in [-0.2, 0) is 14.8 Å². The number of likely N-dealkylation sites (tertiary alicyclic amines) is 1. The topological polar surface area (TPSA) is 69.7 Å². The fourth-order valence-electron chi connectivity index (χ4n) is 3.20. The van der Waals surface area contributed by atoms with Crippen molar-refractivity contribution in [2.45, 2.75) is 45.2 Å². The quantitative estimate of drug-likeness (QED) is 0.832. The Morgan fingerprint density at radius 2 is 1.84 bits per heavy atom. The molecule has 1 atom stereocenters. The highest BCUT2D eigenvalue weighted by Crippen LogP contribution is 2.23. The Labute approximate surface area is 151 Å². The van der Waals surface area contributed by atoms with Crippen LogP contribution in [0.25, 0.3) is 0 Å². The molecule has 1 heterocycles. The minimum Gasteiger partial charge on any atom is -0.351 e. The van der Waals surface area contributed by atoms with Crippen molar-refractivity contribution in [3.8, 4) is 0 Å². The first-order valence-electron chi connectivity index (χ1n) is 8.77. The molecule has 1 aromatic rings. The Morgan fingerprint density at radius 3 is 2.32 bits per heavy atom. The van der Waals surface area contributed by atoms with Crippen LogP contribution in [0.4, 0.5) is 5.69 Å². The fourth-order valence-corrected chi connectivity index (χ4v) is 4.41. The van der Waals surface area contributed by atoms with Gasteiger partial charge in [-0.25, -0.2) is 8.42 Å². The second kappa shape index (κ2) is 8.19. The molecular weight excluding hydrogens is 338 g/mol. The lowest BCUT2D eigenvalue weighted by atomic mass is 10.0. The summed E-state index contributed by atoms with van der Waals surface area (Å²) in [5.74, 6) is -0.219. The van der Waals surface area contributed by atoms with E-state index in [1.165, 1.54) is 4.31 Å². The summed E-state index contributed by atoms with van der Waals surface area (Å²) in [5.41, 5.74) is 1.57. The van der Waals surface area contributed by atoms with Crippen molar-refractivity contribution >= 4 is 21.6 Å². The molecule has 6 nitrogen and oxygen atoms in total. The molecule has 2 rings (SSSR count). The van der Waals surface area contributed by atoms with Crippen LogP contribution in [0.5, 0.6) is 0 Å². The summed E-state index contributed by atoms with van der Waals surface area (Å²) in [7, 11) is -1.51. The predicted molar refractivity (Wildman–Crippen MR) is 101 cm³/mol. The van der Waals surface area contributed by atoms with Gasteiger partial charge in [0.05, 0.1) is 11.9 Å². The third kappa shape index (κ3) is 5.19. The summed E-state index contributed by atoms with van der Waals surface area (Å²) < 4.78 is 26.0. The van der Waals surface area contributed by atoms with Gasteiger partial charge in [-0.2, -0.15) is 0 Å². The van der Waals surface area contributed by atoms with Gasteiger partial charge < -0.3 is 10.2 Å². The number of amides is 1. The average Bonchev–Trinajstić information content (AvgIpc) is 2.54. The van der Waals surface area contributed by atoms with Crippen LogP contribution in [-0.4, -0.2) is 57.7 Å². The molecule has 140 valence electrons. The molecule has 0 unspecified atom stereocenters. The SMILES string of the molecule is CC[C@@H](C(=O)NC1CCN(C)CC1)N(c1ccc(C)cc1)S(C)(=O)=O. The molecule has 1 aliphatic rings. The van der Waals surface area contributed by atoms with Crippen LogP contribution in [0, 0.1) is 6.92 Å². The van der Waals surface area contributed by atoms with Gasteiger partial charge >= 0.3 is 0 Å². The molecule has 0 spiro atoms. The van der Waals surface area contributed by atoms with Crippen molar-refractivity contribution in [1.82, 2.24) is 10.2 Å². The number of rotatable bonds is 6. The van der Waals surface area contributed by atoms with Crippen molar-refractivity contribution < 1.29 is 13.2 Å². The van der Waals surface area contributed by atoms with Crippen LogP contribution >= 0.6 is 0 Å². The molecule has 1 aromatic carbocycles. The molecule has 1 aliphatic heterocycles. The normalized spacial score (nSPS) is 17.9. The van der Waals surface area contributed by atoms with E-state index >= 15 is 0 Å². The summed E-state index contributed by atoms with van der Waals surface area (Å²) in [6, 6.07) is 6.59. The van der Waals surface area contributed by atoms with Crippen LogP contribution in [0.3, 0.4) is 0 Å². The second-order valence-corrected chi connectivity index (χ2v) is 8.76. The van der Waals surface area contributed by atoms with Crippen molar-refractivity contribution in [3.05, 3.63) is 29.8 Å². The minimum atomic E-state index is -3.57. The average molecular weight is 368 g/mol. The maximum Gasteiger partial charge on any atom is 0.244 e. The summed E-state index contributed by atoms with van der Waals surface area (Å²) in [5, 5.41) is 3.05. The van der Waals surface area contributed by atoms with Crippen LogP contribution < -0.4 is 9.62 Å². The van der Waals surface area contributed by atoms with Gasteiger partial charge in [-0.05, 0) is 58.5 Å². The van der Waals surface area contributed by atoms with Gasteiger partial charge in [0.15, 0.2) is 0 Å². The zero-order valence-corrected chi connectivity index (χ0v) is 16.3. The molecule has 7 heteroatoms. The number of nitrogens with one attached hydrogen (secondary N) is 1. The van der Waals surface area contributed by atoms with Crippen LogP contribution in [0.2, 0.25) is 0 Å². The molecule has 0 saturated carbocycles. The molecule has 0 aliphatic carbocycles. The van der Waals surface area contributed by atoms with Crippen LogP contribution in [0.1, 0.15) is 31.7 Å². The molecule has 0 bridgehead atoms. The fraction of sp³-hybridized carbons (Fsp3) is 0.611. The van der Waals surface area contributed by atoms with Gasteiger partial charge in [0.25, 0.3) is 0 Å². The van der Waals surface area contributed by atoms with Gasteiger partial charge in [0.2, 0.25) is 15.9 Å². The molecule has 1 N–H and O–H groups in total. The monoisotopic (exact) mass is 367 g/mol. The number of aryl methyl sites for hydroxylation is 1. The van der Waals surface area contributed by atoms with E-state index in [0.29, 0.717) is 12.1 Å². The Kier molecular flexibility index (Phi) is 6.46. The number of sulfonamides is 1. The van der Waals surface area contributed by atoms with E-state index < -0.39 is 16.1 Å². The third-order valence-corrected chi connectivity index (χ3v) is 5.86. The van der Waals surface area contributed by atoms with E-state index in [2.05, 4.69) is 17.3 Å². The second-order valence-electron chi connectivity index (χ2n) is 6.90. The van der Waals surface area contributed by atoms with Crippen molar-refractivity contribution in [2.75, 3.05) is 30.7 Å². The molecular formula is C18H29N3O3S. The Morgan fingerprint density at radius 1 is 1.28 bits per heavy atom. The Bertz CT molecular complexity index is 680. The summed E-state index contributed by atoms with van der Waals surface area (Å²) in [6.07, 6.45) is 3.35. The van der Waals surface area contributed by atoms with Crippen molar-refractivity contribution in [3.63, 3.8) is 0 Å². The summed E-state index contributed by atoms with van der Waals surface area (Å²) >= 11 is 0. The van der Waals surface area contributed by atoms with Crippen molar-refractivity contribution in [1.29, 1.82) is 0 Å². The predicted octanol–water partition coefficient (Wildman–Crippen LogP) is 1.75. The lowest BCUT2D eigenvalue weighted by Gasteiger charge is -2.34. The van der Waals surface area contributed by atoms with E-state index in [0.717, 1.165) is 37.8 Å². The first-order chi connectivity index (χ1) is 11.7. The van der Waals surface area contributed by atoms with Crippen molar-refractivity contribution in [2.24, 2.45) is 0 Å². The number of benzene rings is 1. The summed E-state index contributed by atoms with van der Waals surface area (Å²) in [4.78, 5) is 15.1. The largest absolute Gasteiger partial charge is 0.351 e. The smallest absolute Gasteiger partial charge is 0.244 e.